The number of hydrogen-bond acceptors (Lipinski definition) is 4. The molecule has 1 N–H and O–H groups in total. The first-order valence-electron chi connectivity index (χ1n) is 7.03. The summed E-state index contributed by atoms with van der Waals surface area (Å²) in [6.45, 7) is 2.27. The Morgan fingerprint density at radius 2 is 2.24 bits per heavy atom. The monoisotopic (exact) mass is 288 g/mol. The standard InChI is InChI=1S/C15H17FN4O/c1-17-8-10-2-5-20(9-10)15(21)12-6-11(16)7-13-14(12)19-4-3-18-13/h3-4,6-7,10,17H,2,5,8-9H2,1H3/t10-/m0/s1. The van der Waals surface area contributed by atoms with Crippen molar-refractivity contribution in [2.24, 2.45) is 5.92 Å². The third-order valence-corrected chi connectivity index (χ3v) is 3.83. The molecule has 0 unspecified atom stereocenters. The number of aromatic nitrogens is 2. The summed E-state index contributed by atoms with van der Waals surface area (Å²) in [5.74, 6) is -0.180. The molecule has 6 heteroatoms. The highest BCUT2D eigenvalue weighted by Crippen LogP contribution is 2.22. The number of amides is 1. The molecule has 0 aliphatic carbocycles. The topological polar surface area (TPSA) is 58.1 Å². The molecule has 0 radical (unpaired) electrons. The van der Waals surface area contributed by atoms with Gasteiger partial charge in [-0.3, -0.25) is 14.8 Å². The minimum Gasteiger partial charge on any atom is -0.338 e. The summed E-state index contributed by atoms with van der Waals surface area (Å²) in [6.07, 6.45) is 3.98. The van der Waals surface area contributed by atoms with E-state index in [4.69, 9.17) is 0 Å². The molecule has 21 heavy (non-hydrogen) atoms. The van der Waals surface area contributed by atoms with Crippen LogP contribution in [0, 0.1) is 11.7 Å². The van der Waals surface area contributed by atoms with Crippen LogP contribution in [0.5, 0.6) is 0 Å². The van der Waals surface area contributed by atoms with Crippen LogP contribution >= 0.6 is 0 Å². The molecule has 3 rings (SSSR count). The number of rotatable bonds is 3. The molecule has 1 saturated heterocycles. The number of carbonyl (C=O) groups is 1. The highest BCUT2D eigenvalue weighted by atomic mass is 19.1. The number of carbonyl (C=O) groups excluding carboxylic acids is 1. The second kappa shape index (κ2) is 5.73. The van der Waals surface area contributed by atoms with Crippen molar-refractivity contribution in [1.82, 2.24) is 20.2 Å². The minimum absolute atomic E-state index is 0.168. The van der Waals surface area contributed by atoms with E-state index >= 15 is 0 Å². The van der Waals surface area contributed by atoms with Crippen molar-refractivity contribution in [3.63, 3.8) is 0 Å². The molecular formula is C15H17FN4O. The van der Waals surface area contributed by atoms with Crippen LogP contribution in [-0.4, -0.2) is 47.5 Å². The fraction of sp³-hybridized carbons (Fsp3) is 0.400. The summed E-state index contributed by atoms with van der Waals surface area (Å²) >= 11 is 0. The largest absolute Gasteiger partial charge is 0.338 e. The number of halogens is 1. The van der Waals surface area contributed by atoms with Gasteiger partial charge in [0.15, 0.2) is 0 Å². The normalized spacial score (nSPS) is 18.4. The van der Waals surface area contributed by atoms with Crippen LogP contribution in [0.1, 0.15) is 16.8 Å². The maximum absolute atomic E-state index is 13.7. The van der Waals surface area contributed by atoms with Gasteiger partial charge in [0.05, 0.1) is 11.1 Å². The van der Waals surface area contributed by atoms with E-state index in [2.05, 4.69) is 15.3 Å². The van der Waals surface area contributed by atoms with Crippen molar-refractivity contribution < 1.29 is 9.18 Å². The van der Waals surface area contributed by atoms with Crippen molar-refractivity contribution in [1.29, 1.82) is 0 Å². The van der Waals surface area contributed by atoms with Crippen LogP contribution in [0.3, 0.4) is 0 Å². The molecule has 1 fully saturated rings. The van der Waals surface area contributed by atoms with Crippen molar-refractivity contribution >= 4 is 16.9 Å². The minimum atomic E-state index is -0.461. The van der Waals surface area contributed by atoms with E-state index in [9.17, 15) is 9.18 Å². The van der Waals surface area contributed by atoms with E-state index in [1.807, 2.05) is 7.05 Å². The highest BCUT2D eigenvalue weighted by Gasteiger charge is 2.28. The van der Waals surface area contributed by atoms with E-state index in [0.29, 0.717) is 35.6 Å². The molecule has 0 saturated carbocycles. The lowest BCUT2D eigenvalue weighted by Gasteiger charge is -2.17. The van der Waals surface area contributed by atoms with Gasteiger partial charge in [0.2, 0.25) is 0 Å². The van der Waals surface area contributed by atoms with Gasteiger partial charge in [0.25, 0.3) is 5.91 Å². The lowest BCUT2D eigenvalue weighted by Crippen LogP contribution is -2.30. The first-order chi connectivity index (χ1) is 10.2. The van der Waals surface area contributed by atoms with E-state index in [-0.39, 0.29) is 5.91 Å². The molecule has 1 aromatic heterocycles. The van der Waals surface area contributed by atoms with Gasteiger partial charge >= 0.3 is 0 Å². The fourth-order valence-electron chi connectivity index (χ4n) is 2.85. The van der Waals surface area contributed by atoms with Gasteiger partial charge in [-0.15, -0.1) is 0 Å². The SMILES string of the molecule is CNC[C@@H]1CCN(C(=O)c2cc(F)cc3nccnc23)C1. The molecule has 1 amide bonds. The first kappa shape index (κ1) is 13.9. The van der Waals surface area contributed by atoms with Crippen molar-refractivity contribution in [3.8, 4) is 0 Å². The molecule has 0 spiro atoms. The van der Waals surface area contributed by atoms with Crippen LogP contribution < -0.4 is 5.32 Å². The van der Waals surface area contributed by atoms with E-state index < -0.39 is 5.82 Å². The van der Waals surface area contributed by atoms with Gasteiger partial charge in [-0.25, -0.2) is 4.39 Å². The second-order valence-corrected chi connectivity index (χ2v) is 5.34. The summed E-state index contributed by atoms with van der Waals surface area (Å²) < 4.78 is 13.7. The molecule has 2 aromatic rings. The van der Waals surface area contributed by atoms with Crippen LogP contribution in [0.2, 0.25) is 0 Å². The second-order valence-electron chi connectivity index (χ2n) is 5.34. The molecule has 1 aliphatic heterocycles. The smallest absolute Gasteiger partial charge is 0.256 e. The van der Waals surface area contributed by atoms with Crippen LogP contribution in [0.25, 0.3) is 11.0 Å². The summed E-state index contributed by atoms with van der Waals surface area (Å²) in [5.41, 5.74) is 1.16. The molecule has 5 nitrogen and oxygen atoms in total. The number of hydrogen-bond donors (Lipinski definition) is 1. The van der Waals surface area contributed by atoms with Gasteiger partial charge in [-0.1, -0.05) is 0 Å². The van der Waals surface area contributed by atoms with E-state index in [0.717, 1.165) is 13.0 Å². The Kier molecular flexibility index (Phi) is 3.79. The van der Waals surface area contributed by atoms with Gasteiger partial charge in [-0.2, -0.15) is 0 Å². The average molecular weight is 288 g/mol. The lowest BCUT2D eigenvalue weighted by molar-refractivity contribution is 0.0788. The Labute approximate surface area is 122 Å². The molecule has 0 bridgehead atoms. The number of nitrogens with one attached hydrogen (secondary N) is 1. The maximum Gasteiger partial charge on any atom is 0.256 e. The number of nitrogens with zero attached hydrogens (tertiary/aromatic N) is 3. The van der Waals surface area contributed by atoms with Gasteiger partial charge in [0, 0.05) is 31.5 Å². The molecular weight excluding hydrogens is 271 g/mol. The van der Waals surface area contributed by atoms with Gasteiger partial charge in [0.1, 0.15) is 11.3 Å². The Morgan fingerprint density at radius 1 is 1.43 bits per heavy atom. The number of benzene rings is 1. The zero-order valence-corrected chi connectivity index (χ0v) is 11.8. The van der Waals surface area contributed by atoms with Crippen molar-refractivity contribution in [3.05, 3.63) is 35.9 Å². The fourth-order valence-corrected chi connectivity index (χ4v) is 2.85. The van der Waals surface area contributed by atoms with Crippen LogP contribution in [0.15, 0.2) is 24.5 Å². The summed E-state index contributed by atoms with van der Waals surface area (Å²) in [7, 11) is 1.90. The summed E-state index contributed by atoms with van der Waals surface area (Å²) in [4.78, 5) is 22.7. The van der Waals surface area contributed by atoms with Gasteiger partial charge < -0.3 is 10.2 Å². The van der Waals surface area contributed by atoms with Crippen molar-refractivity contribution in [2.75, 3.05) is 26.7 Å². The zero-order valence-electron chi connectivity index (χ0n) is 11.8. The molecule has 1 atom stereocenters. The first-order valence-corrected chi connectivity index (χ1v) is 7.03. The summed E-state index contributed by atoms with van der Waals surface area (Å²) in [5, 5.41) is 3.13. The number of fused-ring (bicyclic) bond motifs is 1. The Morgan fingerprint density at radius 3 is 3.05 bits per heavy atom. The lowest BCUT2D eigenvalue weighted by atomic mass is 10.1. The third kappa shape index (κ3) is 2.71. The van der Waals surface area contributed by atoms with E-state index in [1.54, 1.807) is 4.90 Å². The predicted molar refractivity (Wildman–Crippen MR) is 77.4 cm³/mol. The Bertz CT molecular complexity index is 676. The molecule has 2 heterocycles. The maximum atomic E-state index is 13.7. The Hall–Kier alpha value is -2.08. The zero-order chi connectivity index (χ0) is 14.8. The summed E-state index contributed by atoms with van der Waals surface area (Å²) in [6, 6.07) is 2.55. The molecule has 1 aromatic carbocycles. The molecule has 110 valence electrons. The predicted octanol–water partition coefficient (Wildman–Crippen LogP) is 1.45. The quantitative estimate of drug-likeness (QED) is 0.928. The number of likely N-dealkylation sites (tertiary alicyclic amines) is 1. The average Bonchev–Trinajstić information content (AvgIpc) is 2.94. The van der Waals surface area contributed by atoms with E-state index in [1.165, 1.54) is 24.5 Å². The van der Waals surface area contributed by atoms with Crippen LogP contribution in [0.4, 0.5) is 4.39 Å². The molecule has 1 aliphatic rings. The third-order valence-electron chi connectivity index (χ3n) is 3.83. The highest BCUT2D eigenvalue weighted by molar-refractivity contribution is 6.04. The van der Waals surface area contributed by atoms with Gasteiger partial charge in [-0.05, 0) is 32.0 Å². The Balaban J connectivity index is 1.92. The van der Waals surface area contributed by atoms with Crippen LogP contribution in [-0.2, 0) is 0 Å². The van der Waals surface area contributed by atoms with Crippen molar-refractivity contribution in [2.45, 2.75) is 6.42 Å².